The molecule has 4 rings (SSSR count). The van der Waals surface area contributed by atoms with Gasteiger partial charge in [0.15, 0.2) is 0 Å². The summed E-state index contributed by atoms with van der Waals surface area (Å²) in [6.07, 6.45) is 1.17. The lowest BCUT2D eigenvalue weighted by Crippen LogP contribution is -2.56. The minimum atomic E-state index is -0.694. The Morgan fingerprint density at radius 2 is 2.04 bits per heavy atom. The molecule has 2 heterocycles. The molecule has 3 amide bonds. The lowest BCUT2D eigenvalue weighted by atomic mass is 9.69. The molecule has 2 aromatic rings. The predicted molar refractivity (Wildman–Crippen MR) is 102 cm³/mol. The first-order valence-corrected chi connectivity index (χ1v) is 9.04. The van der Waals surface area contributed by atoms with Gasteiger partial charge in [0.1, 0.15) is 6.04 Å². The van der Waals surface area contributed by atoms with Crippen molar-refractivity contribution in [3.8, 4) is 0 Å². The molecule has 26 heavy (non-hydrogen) atoms. The number of halogens is 1. The van der Waals surface area contributed by atoms with Crippen LogP contribution in [-0.2, 0) is 16.6 Å². The number of carbonyl (C=O) groups excluding carboxylic acids is 2. The summed E-state index contributed by atoms with van der Waals surface area (Å²) in [7, 11) is 0. The molecule has 2 atom stereocenters. The number of anilines is 1. The Morgan fingerprint density at radius 1 is 1.31 bits per heavy atom. The van der Waals surface area contributed by atoms with Crippen LogP contribution in [0.15, 0.2) is 42.5 Å². The standard InChI is InChI=1S/C20H20ClN3O2/c1-20(13-5-3-2-4-6-13)7-8-24-17-12(9-14(21)11-15(17)20)10-16(18(24)25)23-19(22)26/h2-6,9,11,16H,7-8,10H2,1H3,(H3,22,23,26)/t16-,20?/m1/s1. The van der Waals surface area contributed by atoms with Crippen LogP contribution in [0.2, 0.25) is 5.02 Å². The summed E-state index contributed by atoms with van der Waals surface area (Å²) in [6.45, 7) is 2.78. The molecule has 0 fully saturated rings. The Bertz CT molecular complexity index is 899. The van der Waals surface area contributed by atoms with Gasteiger partial charge in [0.05, 0.1) is 5.69 Å². The molecule has 1 unspecified atom stereocenters. The molecular formula is C20H20ClN3O2. The Hall–Kier alpha value is -2.53. The van der Waals surface area contributed by atoms with E-state index in [2.05, 4.69) is 24.4 Å². The average Bonchev–Trinajstić information content (AvgIpc) is 2.61. The fourth-order valence-corrected chi connectivity index (χ4v) is 4.48. The van der Waals surface area contributed by atoms with Crippen molar-refractivity contribution in [1.82, 2.24) is 5.32 Å². The second-order valence-electron chi connectivity index (χ2n) is 7.16. The maximum Gasteiger partial charge on any atom is 0.312 e. The third-order valence-electron chi connectivity index (χ3n) is 5.57. The Kier molecular flexibility index (Phi) is 3.92. The fraction of sp³-hybridized carbons (Fsp3) is 0.300. The van der Waals surface area contributed by atoms with Crippen LogP contribution in [0, 0.1) is 0 Å². The van der Waals surface area contributed by atoms with E-state index in [1.54, 1.807) is 4.90 Å². The van der Waals surface area contributed by atoms with E-state index < -0.39 is 12.1 Å². The highest BCUT2D eigenvalue weighted by molar-refractivity contribution is 6.31. The van der Waals surface area contributed by atoms with Crippen molar-refractivity contribution in [2.24, 2.45) is 5.73 Å². The lowest BCUT2D eigenvalue weighted by Gasteiger charge is -2.46. The van der Waals surface area contributed by atoms with Crippen LogP contribution in [0.1, 0.15) is 30.0 Å². The lowest BCUT2D eigenvalue weighted by molar-refractivity contribution is -0.120. The number of primary amides is 1. The van der Waals surface area contributed by atoms with E-state index in [-0.39, 0.29) is 11.3 Å². The maximum atomic E-state index is 12.9. The van der Waals surface area contributed by atoms with Gasteiger partial charge in [0, 0.05) is 23.4 Å². The Labute approximate surface area is 157 Å². The summed E-state index contributed by atoms with van der Waals surface area (Å²) in [4.78, 5) is 25.9. The van der Waals surface area contributed by atoms with Crippen molar-refractivity contribution >= 4 is 29.2 Å². The number of rotatable bonds is 2. The van der Waals surface area contributed by atoms with Crippen LogP contribution in [0.25, 0.3) is 0 Å². The molecule has 2 aromatic carbocycles. The van der Waals surface area contributed by atoms with Gasteiger partial charge in [-0.15, -0.1) is 0 Å². The van der Waals surface area contributed by atoms with E-state index in [0.717, 1.165) is 23.2 Å². The predicted octanol–water partition coefficient (Wildman–Crippen LogP) is 2.98. The Balaban J connectivity index is 1.88. The van der Waals surface area contributed by atoms with Crippen LogP contribution in [0.3, 0.4) is 0 Å². The van der Waals surface area contributed by atoms with E-state index in [9.17, 15) is 9.59 Å². The third-order valence-corrected chi connectivity index (χ3v) is 5.79. The first-order valence-electron chi connectivity index (χ1n) is 8.66. The highest BCUT2D eigenvalue weighted by atomic mass is 35.5. The van der Waals surface area contributed by atoms with Crippen molar-refractivity contribution in [2.45, 2.75) is 31.2 Å². The number of hydrogen-bond donors (Lipinski definition) is 2. The summed E-state index contributed by atoms with van der Waals surface area (Å²) in [5, 5.41) is 3.19. The number of nitrogens with two attached hydrogens (primary N) is 1. The normalized spacial score (nSPS) is 24.2. The minimum Gasteiger partial charge on any atom is -0.352 e. The van der Waals surface area contributed by atoms with Gasteiger partial charge in [-0.05, 0) is 35.2 Å². The highest BCUT2D eigenvalue weighted by Crippen LogP contribution is 2.48. The molecule has 0 saturated carbocycles. The number of carbonyl (C=O) groups is 2. The topological polar surface area (TPSA) is 75.4 Å². The average molecular weight is 370 g/mol. The molecule has 0 aliphatic carbocycles. The van der Waals surface area contributed by atoms with E-state index in [1.807, 2.05) is 30.3 Å². The summed E-state index contributed by atoms with van der Waals surface area (Å²) in [6, 6.07) is 12.8. The van der Waals surface area contributed by atoms with Crippen LogP contribution in [0.5, 0.6) is 0 Å². The fourth-order valence-electron chi connectivity index (χ4n) is 4.24. The zero-order chi connectivity index (χ0) is 18.5. The van der Waals surface area contributed by atoms with E-state index >= 15 is 0 Å². The van der Waals surface area contributed by atoms with Gasteiger partial charge in [-0.25, -0.2) is 4.79 Å². The van der Waals surface area contributed by atoms with E-state index in [4.69, 9.17) is 17.3 Å². The molecule has 3 N–H and O–H groups in total. The molecule has 0 saturated heterocycles. The SMILES string of the molecule is CC1(c2ccccc2)CCN2C(=O)[C@H](NC(N)=O)Cc3cc(Cl)cc1c32. The van der Waals surface area contributed by atoms with Gasteiger partial charge in [-0.2, -0.15) is 0 Å². The maximum absolute atomic E-state index is 12.9. The van der Waals surface area contributed by atoms with Crippen LogP contribution in [-0.4, -0.2) is 24.5 Å². The summed E-state index contributed by atoms with van der Waals surface area (Å²) in [5.41, 5.74) is 9.17. The highest BCUT2D eigenvalue weighted by Gasteiger charge is 2.44. The van der Waals surface area contributed by atoms with Gasteiger partial charge in [-0.3, -0.25) is 4.79 Å². The first kappa shape index (κ1) is 16.9. The van der Waals surface area contributed by atoms with Crippen LogP contribution < -0.4 is 16.0 Å². The number of nitrogens with one attached hydrogen (secondary N) is 1. The first-order chi connectivity index (χ1) is 12.4. The smallest absolute Gasteiger partial charge is 0.312 e. The third kappa shape index (κ3) is 2.54. The molecule has 2 aliphatic rings. The summed E-state index contributed by atoms with van der Waals surface area (Å²) in [5.74, 6) is -0.116. The van der Waals surface area contributed by atoms with Gasteiger partial charge in [-0.1, -0.05) is 48.9 Å². The van der Waals surface area contributed by atoms with Gasteiger partial charge >= 0.3 is 6.03 Å². The number of benzene rings is 2. The van der Waals surface area contributed by atoms with E-state index in [0.29, 0.717) is 18.0 Å². The number of hydrogen-bond acceptors (Lipinski definition) is 2. The second-order valence-corrected chi connectivity index (χ2v) is 7.60. The quantitative estimate of drug-likeness (QED) is 0.853. The van der Waals surface area contributed by atoms with Crippen LogP contribution in [0.4, 0.5) is 10.5 Å². The largest absolute Gasteiger partial charge is 0.352 e. The van der Waals surface area contributed by atoms with Crippen molar-refractivity contribution in [3.63, 3.8) is 0 Å². The number of urea groups is 1. The molecule has 0 spiro atoms. The molecular weight excluding hydrogens is 350 g/mol. The summed E-state index contributed by atoms with van der Waals surface area (Å²) < 4.78 is 0. The van der Waals surface area contributed by atoms with Crippen molar-refractivity contribution in [1.29, 1.82) is 0 Å². The van der Waals surface area contributed by atoms with E-state index in [1.165, 1.54) is 5.56 Å². The minimum absolute atomic E-state index is 0.116. The number of amides is 3. The van der Waals surface area contributed by atoms with Gasteiger partial charge in [0.2, 0.25) is 5.91 Å². The molecule has 2 aliphatic heterocycles. The summed E-state index contributed by atoms with van der Waals surface area (Å²) >= 11 is 6.42. The van der Waals surface area contributed by atoms with Crippen molar-refractivity contribution in [2.75, 3.05) is 11.4 Å². The van der Waals surface area contributed by atoms with Crippen molar-refractivity contribution in [3.05, 3.63) is 64.2 Å². The molecule has 6 heteroatoms. The van der Waals surface area contributed by atoms with Gasteiger partial charge < -0.3 is 16.0 Å². The second kappa shape index (κ2) is 6.02. The molecule has 134 valence electrons. The molecule has 0 radical (unpaired) electrons. The van der Waals surface area contributed by atoms with Gasteiger partial charge in [0.25, 0.3) is 0 Å². The zero-order valence-corrected chi connectivity index (χ0v) is 15.2. The molecule has 0 bridgehead atoms. The van der Waals surface area contributed by atoms with Crippen molar-refractivity contribution < 1.29 is 9.59 Å². The Morgan fingerprint density at radius 3 is 2.73 bits per heavy atom. The molecule has 5 nitrogen and oxygen atoms in total. The van der Waals surface area contributed by atoms with Crippen LogP contribution >= 0.6 is 11.6 Å². The number of nitrogens with zero attached hydrogens (tertiary/aromatic N) is 1. The molecule has 0 aromatic heterocycles. The zero-order valence-electron chi connectivity index (χ0n) is 14.5. The monoisotopic (exact) mass is 369 g/mol.